The summed E-state index contributed by atoms with van der Waals surface area (Å²) in [6.45, 7) is 0.756. The van der Waals surface area contributed by atoms with Gasteiger partial charge in [0, 0.05) is 19.2 Å². The Morgan fingerprint density at radius 1 is 1.44 bits per heavy atom. The molecule has 0 heterocycles. The van der Waals surface area contributed by atoms with E-state index >= 15 is 0 Å². The zero-order valence-corrected chi connectivity index (χ0v) is 10.2. The standard InChI is InChI=1S/C10H12Cl2N2O2/c1-16-9-5-7(11)6(4-8(9)12)10(15)14-3-2-13/h4-5H,2-3,13H2,1H3,(H,14,15). The first kappa shape index (κ1) is 13.1. The Balaban J connectivity index is 2.97. The first-order valence-electron chi connectivity index (χ1n) is 4.61. The van der Waals surface area contributed by atoms with Gasteiger partial charge in [0.15, 0.2) is 0 Å². The average molecular weight is 263 g/mol. The van der Waals surface area contributed by atoms with Crippen molar-refractivity contribution >= 4 is 29.1 Å². The zero-order valence-electron chi connectivity index (χ0n) is 8.72. The van der Waals surface area contributed by atoms with E-state index in [0.29, 0.717) is 29.4 Å². The SMILES string of the molecule is COc1cc(Cl)c(C(=O)NCCN)cc1Cl. The second-order valence-corrected chi connectivity index (χ2v) is 3.83. The van der Waals surface area contributed by atoms with Crippen LogP contribution in [-0.4, -0.2) is 26.1 Å². The molecule has 1 aromatic carbocycles. The van der Waals surface area contributed by atoms with Crippen molar-refractivity contribution < 1.29 is 9.53 Å². The molecule has 0 unspecified atom stereocenters. The molecule has 3 N–H and O–H groups in total. The predicted molar refractivity (Wildman–Crippen MR) is 64.4 cm³/mol. The molecular weight excluding hydrogens is 251 g/mol. The van der Waals surface area contributed by atoms with Crippen LogP contribution in [0, 0.1) is 0 Å². The Kier molecular flexibility index (Phi) is 4.86. The van der Waals surface area contributed by atoms with Gasteiger partial charge in [-0.05, 0) is 6.07 Å². The predicted octanol–water partition coefficient (Wildman–Crippen LogP) is 1.69. The van der Waals surface area contributed by atoms with Crippen LogP contribution in [0.15, 0.2) is 12.1 Å². The summed E-state index contributed by atoms with van der Waals surface area (Å²) in [5.41, 5.74) is 5.58. The van der Waals surface area contributed by atoms with Gasteiger partial charge in [-0.25, -0.2) is 0 Å². The van der Waals surface area contributed by atoms with Gasteiger partial charge < -0.3 is 15.8 Å². The van der Waals surface area contributed by atoms with Gasteiger partial charge in [0.25, 0.3) is 5.91 Å². The molecule has 0 aliphatic rings. The number of ether oxygens (including phenoxy) is 1. The molecule has 0 bridgehead atoms. The van der Waals surface area contributed by atoms with Crippen LogP contribution >= 0.6 is 23.2 Å². The Bertz CT molecular complexity index is 397. The van der Waals surface area contributed by atoms with Crippen LogP contribution < -0.4 is 15.8 Å². The molecule has 88 valence electrons. The Labute approximate surface area is 104 Å². The van der Waals surface area contributed by atoms with Crippen molar-refractivity contribution in [2.24, 2.45) is 5.73 Å². The smallest absolute Gasteiger partial charge is 0.252 e. The third-order valence-electron chi connectivity index (χ3n) is 1.92. The van der Waals surface area contributed by atoms with E-state index in [9.17, 15) is 4.79 Å². The fourth-order valence-corrected chi connectivity index (χ4v) is 1.62. The molecule has 0 saturated carbocycles. The minimum absolute atomic E-state index is 0.288. The highest BCUT2D eigenvalue weighted by molar-refractivity contribution is 6.36. The molecular formula is C10H12Cl2N2O2. The van der Waals surface area contributed by atoms with E-state index in [2.05, 4.69) is 5.32 Å². The molecule has 0 aliphatic heterocycles. The number of nitrogens with one attached hydrogen (secondary N) is 1. The second-order valence-electron chi connectivity index (χ2n) is 3.01. The lowest BCUT2D eigenvalue weighted by Gasteiger charge is -2.09. The summed E-state index contributed by atoms with van der Waals surface area (Å²) >= 11 is 11.8. The Morgan fingerprint density at radius 3 is 2.69 bits per heavy atom. The highest BCUT2D eigenvalue weighted by Gasteiger charge is 2.13. The molecule has 1 amide bonds. The normalized spacial score (nSPS) is 10.0. The number of methoxy groups -OCH3 is 1. The number of nitrogens with two attached hydrogens (primary N) is 1. The van der Waals surface area contributed by atoms with Gasteiger partial charge in [-0.3, -0.25) is 4.79 Å². The number of carbonyl (C=O) groups is 1. The van der Waals surface area contributed by atoms with Gasteiger partial charge in [-0.15, -0.1) is 0 Å². The van der Waals surface area contributed by atoms with E-state index in [4.69, 9.17) is 33.7 Å². The number of benzene rings is 1. The summed E-state index contributed by atoms with van der Waals surface area (Å²) < 4.78 is 4.97. The highest BCUT2D eigenvalue weighted by atomic mass is 35.5. The van der Waals surface area contributed by atoms with E-state index in [1.165, 1.54) is 19.2 Å². The first-order chi connectivity index (χ1) is 7.60. The van der Waals surface area contributed by atoms with E-state index < -0.39 is 0 Å². The van der Waals surface area contributed by atoms with Crippen molar-refractivity contribution in [3.05, 3.63) is 27.7 Å². The minimum Gasteiger partial charge on any atom is -0.495 e. The molecule has 16 heavy (non-hydrogen) atoms. The molecule has 0 fully saturated rings. The molecule has 1 aromatic rings. The lowest BCUT2D eigenvalue weighted by atomic mass is 10.2. The average Bonchev–Trinajstić information content (AvgIpc) is 2.28. The molecule has 0 aliphatic carbocycles. The molecule has 0 aromatic heterocycles. The molecule has 4 nitrogen and oxygen atoms in total. The number of hydrogen-bond donors (Lipinski definition) is 2. The summed E-state index contributed by atoms with van der Waals surface area (Å²) in [7, 11) is 1.48. The number of rotatable bonds is 4. The van der Waals surface area contributed by atoms with E-state index in [0.717, 1.165) is 0 Å². The maximum absolute atomic E-state index is 11.6. The number of hydrogen-bond acceptors (Lipinski definition) is 3. The third kappa shape index (κ3) is 3.01. The van der Waals surface area contributed by atoms with Crippen molar-refractivity contribution in [3.8, 4) is 5.75 Å². The van der Waals surface area contributed by atoms with Gasteiger partial charge in [0.2, 0.25) is 0 Å². The summed E-state index contributed by atoms with van der Waals surface area (Å²) in [5, 5.41) is 3.23. The zero-order chi connectivity index (χ0) is 12.1. The number of amides is 1. The maximum Gasteiger partial charge on any atom is 0.252 e. The lowest BCUT2D eigenvalue weighted by Crippen LogP contribution is -2.29. The Morgan fingerprint density at radius 2 is 2.12 bits per heavy atom. The van der Waals surface area contributed by atoms with Crippen molar-refractivity contribution in [2.45, 2.75) is 0 Å². The number of halogens is 2. The highest BCUT2D eigenvalue weighted by Crippen LogP contribution is 2.30. The van der Waals surface area contributed by atoms with Crippen LogP contribution in [0.1, 0.15) is 10.4 Å². The van der Waals surface area contributed by atoms with Crippen LogP contribution in [0.3, 0.4) is 0 Å². The summed E-state index contributed by atoms with van der Waals surface area (Å²) in [5.74, 6) is 0.127. The van der Waals surface area contributed by atoms with Crippen molar-refractivity contribution in [1.82, 2.24) is 5.32 Å². The molecule has 0 spiro atoms. The summed E-state index contributed by atoms with van der Waals surface area (Å²) in [6.07, 6.45) is 0. The fraction of sp³-hybridized carbons (Fsp3) is 0.300. The van der Waals surface area contributed by atoms with Crippen molar-refractivity contribution in [2.75, 3.05) is 20.2 Å². The first-order valence-corrected chi connectivity index (χ1v) is 5.37. The second kappa shape index (κ2) is 5.94. The third-order valence-corrected chi connectivity index (χ3v) is 2.52. The lowest BCUT2D eigenvalue weighted by molar-refractivity contribution is 0.0955. The molecule has 0 saturated heterocycles. The van der Waals surface area contributed by atoms with Gasteiger partial charge >= 0.3 is 0 Å². The summed E-state index contributed by atoms with van der Waals surface area (Å²) in [6, 6.07) is 2.97. The van der Waals surface area contributed by atoms with Gasteiger partial charge in [0.05, 0.1) is 22.7 Å². The van der Waals surface area contributed by atoms with Crippen LogP contribution in [0.2, 0.25) is 10.0 Å². The topological polar surface area (TPSA) is 64.3 Å². The fourth-order valence-electron chi connectivity index (χ4n) is 1.14. The van der Waals surface area contributed by atoms with Crippen LogP contribution in [-0.2, 0) is 0 Å². The summed E-state index contributed by atoms with van der Waals surface area (Å²) in [4.78, 5) is 11.6. The van der Waals surface area contributed by atoms with E-state index in [-0.39, 0.29) is 10.9 Å². The largest absolute Gasteiger partial charge is 0.495 e. The molecule has 6 heteroatoms. The van der Waals surface area contributed by atoms with Crippen LogP contribution in [0.4, 0.5) is 0 Å². The van der Waals surface area contributed by atoms with Gasteiger partial charge in [-0.1, -0.05) is 23.2 Å². The van der Waals surface area contributed by atoms with Gasteiger partial charge in [0.1, 0.15) is 5.75 Å². The maximum atomic E-state index is 11.6. The van der Waals surface area contributed by atoms with Crippen LogP contribution in [0.25, 0.3) is 0 Å². The van der Waals surface area contributed by atoms with E-state index in [1.54, 1.807) is 0 Å². The number of carbonyl (C=O) groups excluding carboxylic acids is 1. The van der Waals surface area contributed by atoms with Gasteiger partial charge in [-0.2, -0.15) is 0 Å². The monoisotopic (exact) mass is 262 g/mol. The minimum atomic E-state index is -0.306. The molecule has 0 atom stereocenters. The molecule has 1 rings (SSSR count). The Hall–Kier alpha value is -0.970. The van der Waals surface area contributed by atoms with Crippen LogP contribution in [0.5, 0.6) is 5.75 Å². The quantitative estimate of drug-likeness (QED) is 0.868. The molecule has 0 radical (unpaired) electrons. The van der Waals surface area contributed by atoms with Crippen molar-refractivity contribution in [3.63, 3.8) is 0 Å². The van der Waals surface area contributed by atoms with Crippen molar-refractivity contribution in [1.29, 1.82) is 0 Å². The van der Waals surface area contributed by atoms with E-state index in [1.807, 2.05) is 0 Å².